The van der Waals surface area contributed by atoms with Gasteiger partial charge in [0.05, 0.1) is 0 Å². The predicted molar refractivity (Wildman–Crippen MR) is 54.3 cm³/mol. The first kappa shape index (κ1) is 12.8. The molecule has 0 spiro atoms. The Balaban J connectivity index is 5.58. The Hall–Kier alpha value is -1.20. The van der Waals surface area contributed by atoms with E-state index in [4.69, 9.17) is 4.55 Å². The number of Topliss-reactive ketones (excluding diaryl/α,β-unsaturated/α-hetero) is 1. The van der Waals surface area contributed by atoms with Gasteiger partial charge in [-0.05, 0) is 19.9 Å². The molecule has 0 aliphatic heterocycles. The highest BCUT2D eigenvalue weighted by Crippen LogP contribution is 2.17. The van der Waals surface area contributed by atoms with E-state index in [2.05, 4.69) is 6.58 Å². The molecule has 0 saturated heterocycles. The van der Waals surface area contributed by atoms with E-state index in [0.29, 0.717) is 0 Å². The van der Waals surface area contributed by atoms with E-state index in [0.717, 1.165) is 6.08 Å². The summed E-state index contributed by atoms with van der Waals surface area (Å²) in [6.45, 7) is 6.03. The van der Waals surface area contributed by atoms with E-state index in [9.17, 15) is 13.2 Å². The van der Waals surface area contributed by atoms with Gasteiger partial charge in [-0.1, -0.05) is 18.7 Å². The van der Waals surface area contributed by atoms with Crippen LogP contribution in [0.1, 0.15) is 13.8 Å². The first-order valence-electron chi connectivity index (χ1n) is 3.82. The van der Waals surface area contributed by atoms with Gasteiger partial charge in [0.1, 0.15) is 4.91 Å². The van der Waals surface area contributed by atoms with Crippen molar-refractivity contribution in [2.24, 2.45) is 0 Å². The Morgan fingerprint density at radius 2 is 1.93 bits per heavy atom. The molecule has 0 saturated carbocycles. The summed E-state index contributed by atoms with van der Waals surface area (Å²) in [7, 11) is -4.38. The molecule has 0 aliphatic carbocycles. The van der Waals surface area contributed by atoms with Gasteiger partial charge in [-0.25, -0.2) is 0 Å². The highest BCUT2D eigenvalue weighted by atomic mass is 32.2. The molecule has 0 rings (SSSR count). The second-order valence-electron chi connectivity index (χ2n) is 2.50. The second kappa shape index (κ2) is 4.88. The summed E-state index contributed by atoms with van der Waals surface area (Å²) in [6, 6.07) is 0. The average Bonchev–Trinajstić information content (AvgIpc) is 2.02. The molecule has 0 aliphatic rings. The molecule has 0 fully saturated rings. The minimum atomic E-state index is -4.38. The summed E-state index contributed by atoms with van der Waals surface area (Å²) in [5, 5.41) is 0. The molecule has 0 unspecified atom stereocenters. The van der Waals surface area contributed by atoms with Crippen LogP contribution >= 0.6 is 0 Å². The van der Waals surface area contributed by atoms with Crippen LogP contribution in [-0.4, -0.2) is 18.8 Å². The molecule has 0 aromatic rings. The molecule has 0 amide bonds. The Labute approximate surface area is 83.4 Å². The van der Waals surface area contributed by atoms with Gasteiger partial charge >= 0.3 is 0 Å². The maximum Gasteiger partial charge on any atom is 0.295 e. The van der Waals surface area contributed by atoms with Crippen LogP contribution in [0.4, 0.5) is 0 Å². The van der Waals surface area contributed by atoms with Crippen LogP contribution in [0, 0.1) is 0 Å². The fourth-order valence-corrected chi connectivity index (χ4v) is 1.75. The molecule has 0 atom stereocenters. The summed E-state index contributed by atoms with van der Waals surface area (Å²) in [5.74, 6) is -0.432. The van der Waals surface area contributed by atoms with Crippen molar-refractivity contribution in [2.75, 3.05) is 0 Å². The van der Waals surface area contributed by atoms with Crippen molar-refractivity contribution in [1.29, 1.82) is 0 Å². The van der Waals surface area contributed by atoms with Gasteiger partial charge in [-0.3, -0.25) is 9.35 Å². The molecule has 4 nitrogen and oxygen atoms in total. The number of ketones is 1. The van der Waals surface area contributed by atoms with Crippen molar-refractivity contribution in [1.82, 2.24) is 0 Å². The Kier molecular flexibility index (Phi) is 4.46. The lowest BCUT2D eigenvalue weighted by Crippen LogP contribution is -2.09. The van der Waals surface area contributed by atoms with Crippen LogP contribution < -0.4 is 0 Å². The predicted octanol–water partition coefficient (Wildman–Crippen LogP) is 1.48. The number of rotatable bonds is 4. The van der Waals surface area contributed by atoms with Crippen molar-refractivity contribution >= 4 is 15.9 Å². The maximum atomic E-state index is 11.0. The quantitative estimate of drug-likeness (QED) is 0.439. The van der Waals surface area contributed by atoms with Crippen LogP contribution in [0.25, 0.3) is 0 Å². The molecular formula is C9H12O4S. The van der Waals surface area contributed by atoms with Crippen LogP contribution in [0.5, 0.6) is 0 Å². The maximum absolute atomic E-state index is 11.0. The zero-order valence-electron chi connectivity index (χ0n) is 8.02. The van der Waals surface area contributed by atoms with Crippen molar-refractivity contribution in [3.05, 3.63) is 35.3 Å². The third kappa shape index (κ3) is 3.27. The lowest BCUT2D eigenvalue weighted by Gasteiger charge is -2.04. The first-order chi connectivity index (χ1) is 6.34. The second-order valence-corrected chi connectivity index (χ2v) is 3.89. The molecule has 0 heterocycles. The summed E-state index contributed by atoms with van der Waals surface area (Å²) >= 11 is 0. The lowest BCUT2D eigenvalue weighted by molar-refractivity contribution is -0.113. The highest BCUT2D eigenvalue weighted by Gasteiger charge is 2.20. The Morgan fingerprint density at radius 1 is 1.43 bits per heavy atom. The number of allylic oxidation sites excluding steroid dienone is 4. The summed E-state index contributed by atoms with van der Waals surface area (Å²) in [4.78, 5) is 10.6. The number of carbonyl (C=O) groups is 1. The standard InChI is InChI=1S/C9H12O4S/c1-4-6-9(14(11,12)13)8(5-2)7(3)10/h4-6H,1H2,2-3H3,(H,11,12,13)/b8-5-,9-6+. The largest absolute Gasteiger partial charge is 0.295 e. The molecule has 14 heavy (non-hydrogen) atoms. The molecule has 0 aromatic heterocycles. The van der Waals surface area contributed by atoms with E-state index in [1.807, 2.05) is 0 Å². The fourth-order valence-electron chi connectivity index (χ4n) is 0.941. The SMILES string of the molecule is C=C/C=C(\C(=C/C)C(C)=O)S(=O)(=O)O. The van der Waals surface area contributed by atoms with Crippen molar-refractivity contribution in [3.8, 4) is 0 Å². The molecule has 0 bridgehead atoms. The minimum absolute atomic E-state index is 0.0487. The highest BCUT2D eigenvalue weighted by molar-refractivity contribution is 7.90. The summed E-state index contributed by atoms with van der Waals surface area (Å²) in [6.07, 6.45) is 3.59. The smallest absolute Gasteiger partial charge is 0.294 e. The van der Waals surface area contributed by atoms with Crippen molar-refractivity contribution in [2.45, 2.75) is 13.8 Å². The number of hydrogen-bond donors (Lipinski definition) is 1. The third-order valence-electron chi connectivity index (χ3n) is 1.48. The molecule has 0 radical (unpaired) electrons. The van der Waals surface area contributed by atoms with E-state index >= 15 is 0 Å². The van der Waals surface area contributed by atoms with Gasteiger partial charge in [-0.15, -0.1) is 0 Å². The average molecular weight is 216 g/mol. The van der Waals surface area contributed by atoms with Gasteiger partial charge in [0.25, 0.3) is 10.1 Å². The Bertz CT molecular complexity index is 399. The van der Waals surface area contributed by atoms with Gasteiger partial charge in [0.2, 0.25) is 0 Å². The zero-order valence-corrected chi connectivity index (χ0v) is 8.84. The van der Waals surface area contributed by atoms with E-state index in [1.54, 1.807) is 0 Å². The van der Waals surface area contributed by atoms with E-state index in [1.165, 1.54) is 26.0 Å². The minimum Gasteiger partial charge on any atom is -0.294 e. The summed E-state index contributed by atoms with van der Waals surface area (Å²) in [5.41, 5.74) is -0.0487. The van der Waals surface area contributed by atoms with E-state index < -0.39 is 20.8 Å². The van der Waals surface area contributed by atoms with Crippen LogP contribution in [0.15, 0.2) is 35.3 Å². The summed E-state index contributed by atoms with van der Waals surface area (Å²) < 4.78 is 30.6. The van der Waals surface area contributed by atoms with E-state index in [-0.39, 0.29) is 5.57 Å². The third-order valence-corrected chi connectivity index (χ3v) is 2.39. The lowest BCUT2D eigenvalue weighted by atomic mass is 10.1. The monoisotopic (exact) mass is 216 g/mol. The molecule has 0 aromatic carbocycles. The molecule has 5 heteroatoms. The number of hydrogen-bond acceptors (Lipinski definition) is 3. The zero-order chi connectivity index (χ0) is 11.4. The van der Waals surface area contributed by atoms with Gasteiger partial charge < -0.3 is 0 Å². The van der Waals surface area contributed by atoms with Gasteiger partial charge in [0, 0.05) is 5.57 Å². The fraction of sp³-hybridized carbons (Fsp3) is 0.222. The van der Waals surface area contributed by atoms with Gasteiger partial charge in [0.15, 0.2) is 5.78 Å². The number of carbonyl (C=O) groups excluding carboxylic acids is 1. The van der Waals surface area contributed by atoms with Gasteiger partial charge in [-0.2, -0.15) is 8.42 Å². The van der Waals surface area contributed by atoms with Crippen LogP contribution in [-0.2, 0) is 14.9 Å². The topological polar surface area (TPSA) is 71.4 Å². The Morgan fingerprint density at radius 3 is 2.14 bits per heavy atom. The molecule has 78 valence electrons. The molecule has 1 N–H and O–H groups in total. The van der Waals surface area contributed by atoms with Crippen molar-refractivity contribution in [3.63, 3.8) is 0 Å². The first-order valence-corrected chi connectivity index (χ1v) is 5.26. The normalized spacial score (nSPS) is 13.9. The molecular weight excluding hydrogens is 204 g/mol. The van der Waals surface area contributed by atoms with Crippen molar-refractivity contribution < 1.29 is 17.8 Å². The van der Waals surface area contributed by atoms with Crippen LogP contribution in [0.2, 0.25) is 0 Å². The van der Waals surface area contributed by atoms with Crippen LogP contribution in [0.3, 0.4) is 0 Å².